The Morgan fingerprint density at radius 2 is 1.85 bits per heavy atom. The van der Waals surface area contributed by atoms with Crippen molar-refractivity contribution in [2.45, 2.75) is 63.5 Å². The number of hydrogen-bond donors (Lipinski definition) is 0. The van der Waals surface area contributed by atoms with Crippen molar-refractivity contribution < 1.29 is 14.3 Å². The molecule has 0 N–H and O–H groups in total. The van der Waals surface area contributed by atoms with Gasteiger partial charge in [-0.25, -0.2) is 0 Å². The monoisotopic (exact) mass is 283 g/mol. The lowest BCUT2D eigenvalue weighted by Gasteiger charge is -2.42. The van der Waals surface area contributed by atoms with Crippen LogP contribution in [0.5, 0.6) is 0 Å². The highest BCUT2D eigenvalue weighted by atomic mass is 16.5. The molecular formula is C16H29NO3. The molecular weight excluding hydrogens is 254 g/mol. The van der Waals surface area contributed by atoms with Crippen LogP contribution in [0.25, 0.3) is 0 Å². The summed E-state index contributed by atoms with van der Waals surface area (Å²) in [7, 11) is 1.72. The summed E-state index contributed by atoms with van der Waals surface area (Å²) in [5.41, 5.74) is -0.409. The molecule has 0 aromatic heterocycles. The van der Waals surface area contributed by atoms with Crippen LogP contribution in [-0.2, 0) is 14.3 Å². The minimum absolute atomic E-state index is 0.201. The highest BCUT2D eigenvalue weighted by Gasteiger charge is 2.45. The normalized spacial score (nSPS) is 23.9. The van der Waals surface area contributed by atoms with Gasteiger partial charge in [-0.15, -0.1) is 0 Å². The second-order valence-corrected chi connectivity index (χ2v) is 6.73. The molecule has 0 unspecified atom stereocenters. The fourth-order valence-corrected chi connectivity index (χ4v) is 3.47. The van der Waals surface area contributed by atoms with Crippen molar-refractivity contribution in [3.05, 3.63) is 0 Å². The average molecular weight is 283 g/mol. The first-order valence-corrected chi connectivity index (χ1v) is 7.91. The van der Waals surface area contributed by atoms with E-state index < -0.39 is 0 Å². The molecule has 1 heterocycles. The lowest BCUT2D eigenvalue weighted by molar-refractivity contribution is -0.135. The van der Waals surface area contributed by atoms with E-state index in [1.54, 1.807) is 7.11 Å². The van der Waals surface area contributed by atoms with Crippen LogP contribution in [-0.4, -0.2) is 55.2 Å². The molecule has 4 nitrogen and oxygen atoms in total. The van der Waals surface area contributed by atoms with Gasteiger partial charge in [-0.1, -0.05) is 12.8 Å². The lowest BCUT2D eigenvalue weighted by Crippen LogP contribution is -2.56. The lowest BCUT2D eigenvalue weighted by atomic mass is 9.85. The molecule has 0 atom stereocenters. The zero-order valence-electron chi connectivity index (χ0n) is 13.2. The van der Waals surface area contributed by atoms with Crippen LogP contribution >= 0.6 is 0 Å². The molecule has 0 spiro atoms. The summed E-state index contributed by atoms with van der Waals surface area (Å²) in [6, 6.07) is 0. The summed E-state index contributed by atoms with van der Waals surface area (Å²) in [5.74, 6) is 0.419. The molecule has 1 aliphatic carbocycles. The second kappa shape index (κ2) is 6.54. The Kier molecular flexibility index (Phi) is 5.21. The number of hydrogen-bond acceptors (Lipinski definition) is 4. The summed E-state index contributed by atoms with van der Waals surface area (Å²) >= 11 is 0. The number of carbonyl (C=O) groups excluding carboxylic acids is 1. The van der Waals surface area contributed by atoms with Crippen LogP contribution < -0.4 is 0 Å². The molecule has 0 bridgehead atoms. The molecule has 0 amide bonds. The minimum Gasteiger partial charge on any atom is -0.379 e. The van der Waals surface area contributed by atoms with Crippen LogP contribution in [0.2, 0.25) is 0 Å². The van der Waals surface area contributed by atoms with Gasteiger partial charge in [-0.2, -0.15) is 0 Å². The summed E-state index contributed by atoms with van der Waals surface area (Å²) in [6.07, 6.45) is 5.83. The fraction of sp³-hybridized carbons (Fsp3) is 0.938. The molecule has 1 aliphatic heterocycles. The summed E-state index contributed by atoms with van der Waals surface area (Å²) < 4.78 is 10.9. The van der Waals surface area contributed by atoms with Crippen LogP contribution in [0.15, 0.2) is 0 Å². The third-order valence-electron chi connectivity index (χ3n) is 5.07. The van der Waals surface area contributed by atoms with Crippen molar-refractivity contribution in [2.75, 3.05) is 33.4 Å². The number of nitrogens with zero attached hydrogens (tertiary/aromatic N) is 1. The Morgan fingerprint density at radius 1 is 1.25 bits per heavy atom. The van der Waals surface area contributed by atoms with E-state index in [0.29, 0.717) is 12.2 Å². The number of ether oxygens (including phenoxy) is 2. The fourth-order valence-electron chi connectivity index (χ4n) is 3.47. The van der Waals surface area contributed by atoms with Gasteiger partial charge in [0.05, 0.1) is 24.4 Å². The molecule has 20 heavy (non-hydrogen) atoms. The molecule has 116 valence electrons. The largest absolute Gasteiger partial charge is 0.379 e. The summed E-state index contributed by atoms with van der Waals surface area (Å²) in [6.45, 7) is 7.43. The Bertz CT molecular complexity index is 329. The summed E-state index contributed by atoms with van der Waals surface area (Å²) in [4.78, 5) is 15.3. The topological polar surface area (TPSA) is 38.8 Å². The maximum Gasteiger partial charge on any atom is 0.153 e. The van der Waals surface area contributed by atoms with Crippen molar-refractivity contribution in [3.8, 4) is 0 Å². The molecule has 2 aliphatic rings. The quantitative estimate of drug-likeness (QED) is 0.750. The van der Waals surface area contributed by atoms with E-state index in [1.165, 1.54) is 12.8 Å². The zero-order chi connectivity index (χ0) is 14.6. The molecule has 1 saturated carbocycles. The predicted octanol–water partition coefficient (Wildman–Crippen LogP) is 2.41. The van der Waals surface area contributed by atoms with Crippen molar-refractivity contribution in [3.63, 3.8) is 0 Å². The number of ketones is 1. The smallest absolute Gasteiger partial charge is 0.153 e. The number of rotatable bonds is 6. The van der Waals surface area contributed by atoms with Gasteiger partial charge in [0.1, 0.15) is 0 Å². The molecule has 2 rings (SSSR count). The van der Waals surface area contributed by atoms with Gasteiger partial charge in [0.25, 0.3) is 0 Å². The molecule has 1 saturated heterocycles. The van der Waals surface area contributed by atoms with E-state index in [-0.39, 0.29) is 11.1 Å². The third-order valence-corrected chi connectivity index (χ3v) is 5.07. The van der Waals surface area contributed by atoms with Crippen LogP contribution in [0.4, 0.5) is 0 Å². The van der Waals surface area contributed by atoms with Gasteiger partial charge < -0.3 is 9.47 Å². The minimum atomic E-state index is -0.208. The molecule has 2 fully saturated rings. The van der Waals surface area contributed by atoms with Gasteiger partial charge >= 0.3 is 0 Å². The first-order valence-electron chi connectivity index (χ1n) is 7.91. The van der Waals surface area contributed by atoms with E-state index in [9.17, 15) is 4.79 Å². The average Bonchev–Trinajstić information content (AvgIpc) is 2.97. The predicted molar refractivity (Wildman–Crippen MR) is 78.9 cm³/mol. The van der Waals surface area contributed by atoms with Gasteiger partial charge in [0.2, 0.25) is 0 Å². The first kappa shape index (κ1) is 15.9. The standard InChI is InChI=1S/C16H29NO3/c1-15(2,19-3)9-6-14(18)16(7-4-5-8-16)17-10-12-20-13-11-17/h4-13H2,1-3H3. The molecule has 0 radical (unpaired) electrons. The van der Waals surface area contributed by atoms with Crippen molar-refractivity contribution >= 4 is 5.78 Å². The van der Waals surface area contributed by atoms with Gasteiger partial charge in [-0.05, 0) is 33.1 Å². The SMILES string of the molecule is COC(C)(C)CCC(=O)C1(N2CCOCC2)CCCC1. The maximum absolute atomic E-state index is 12.9. The van der Waals surface area contributed by atoms with Gasteiger partial charge in [0.15, 0.2) is 5.78 Å². The van der Waals surface area contributed by atoms with E-state index in [2.05, 4.69) is 18.7 Å². The van der Waals surface area contributed by atoms with Crippen LogP contribution in [0.3, 0.4) is 0 Å². The summed E-state index contributed by atoms with van der Waals surface area (Å²) in [5, 5.41) is 0. The highest BCUT2D eigenvalue weighted by molar-refractivity contribution is 5.88. The maximum atomic E-state index is 12.9. The Morgan fingerprint density at radius 3 is 2.40 bits per heavy atom. The Balaban J connectivity index is 2.02. The van der Waals surface area contributed by atoms with E-state index in [0.717, 1.165) is 45.6 Å². The molecule has 0 aromatic rings. The van der Waals surface area contributed by atoms with Crippen molar-refractivity contribution in [1.29, 1.82) is 0 Å². The van der Waals surface area contributed by atoms with Crippen molar-refractivity contribution in [1.82, 2.24) is 4.90 Å². The Labute approximate surface area is 122 Å². The highest BCUT2D eigenvalue weighted by Crippen LogP contribution is 2.38. The van der Waals surface area contributed by atoms with Crippen LogP contribution in [0, 0.1) is 0 Å². The van der Waals surface area contributed by atoms with E-state index in [1.807, 2.05) is 0 Å². The van der Waals surface area contributed by atoms with Gasteiger partial charge in [0, 0.05) is 26.6 Å². The van der Waals surface area contributed by atoms with Crippen molar-refractivity contribution in [2.24, 2.45) is 0 Å². The number of morpholine rings is 1. The number of methoxy groups -OCH3 is 1. The number of carbonyl (C=O) groups is 1. The van der Waals surface area contributed by atoms with E-state index >= 15 is 0 Å². The van der Waals surface area contributed by atoms with Crippen LogP contribution in [0.1, 0.15) is 52.4 Å². The second-order valence-electron chi connectivity index (χ2n) is 6.73. The number of Topliss-reactive ketones (excluding diaryl/α,β-unsaturated/α-hetero) is 1. The molecule has 0 aromatic carbocycles. The van der Waals surface area contributed by atoms with Gasteiger partial charge in [-0.3, -0.25) is 9.69 Å². The van der Waals surface area contributed by atoms with E-state index in [4.69, 9.17) is 9.47 Å². The zero-order valence-corrected chi connectivity index (χ0v) is 13.2. The molecule has 4 heteroatoms. The third kappa shape index (κ3) is 3.41. The Hall–Kier alpha value is -0.450. The first-order chi connectivity index (χ1) is 9.50.